The molecule has 0 N–H and O–H groups in total. The Bertz CT molecular complexity index is 2540. The zero-order valence-electron chi connectivity index (χ0n) is 25.9. The monoisotopic (exact) mass is 599 g/mol. The second kappa shape index (κ2) is 11.0. The van der Waals surface area contributed by atoms with Gasteiger partial charge in [0, 0.05) is 29.1 Å². The van der Waals surface area contributed by atoms with Gasteiger partial charge >= 0.3 is 0 Å². The van der Waals surface area contributed by atoms with Crippen LogP contribution in [0, 0.1) is 6.92 Å². The van der Waals surface area contributed by atoms with E-state index in [1.54, 1.807) is 0 Å². The van der Waals surface area contributed by atoms with Gasteiger partial charge in [0.1, 0.15) is 0 Å². The predicted octanol–water partition coefficient (Wildman–Crippen LogP) is 11.4. The van der Waals surface area contributed by atoms with Crippen LogP contribution in [0.2, 0.25) is 0 Å². The molecular formula is C44H29N3. The average Bonchev–Trinajstić information content (AvgIpc) is 3.14. The van der Waals surface area contributed by atoms with Gasteiger partial charge in [0.25, 0.3) is 0 Å². The minimum Gasteiger partial charge on any atom is -0.265 e. The lowest BCUT2D eigenvalue weighted by molar-refractivity contribution is 1.18. The molecule has 3 heteroatoms. The molecule has 9 rings (SSSR count). The molecule has 0 aliphatic carbocycles. The number of benzene rings is 7. The van der Waals surface area contributed by atoms with Crippen molar-refractivity contribution in [2.75, 3.05) is 0 Å². The first kappa shape index (κ1) is 27.1. The van der Waals surface area contributed by atoms with Crippen LogP contribution in [-0.2, 0) is 0 Å². The first-order chi connectivity index (χ1) is 23.2. The van der Waals surface area contributed by atoms with E-state index in [0.717, 1.165) is 39.2 Å². The van der Waals surface area contributed by atoms with Gasteiger partial charge in [0.2, 0.25) is 0 Å². The van der Waals surface area contributed by atoms with Gasteiger partial charge in [-0.2, -0.15) is 0 Å². The van der Waals surface area contributed by atoms with Gasteiger partial charge in [-0.05, 0) is 85.3 Å². The van der Waals surface area contributed by atoms with Crippen molar-refractivity contribution in [1.82, 2.24) is 15.0 Å². The topological polar surface area (TPSA) is 38.7 Å². The summed E-state index contributed by atoms with van der Waals surface area (Å²) in [6.45, 7) is 2.13. The van der Waals surface area contributed by atoms with Gasteiger partial charge in [-0.1, -0.05) is 127 Å². The highest BCUT2D eigenvalue weighted by Gasteiger charge is 2.15. The zero-order chi connectivity index (χ0) is 31.3. The van der Waals surface area contributed by atoms with Gasteiger partial charge in [0.05, 0.1) is 11.4 Å². The predicted molar refractivity (Wildman–Crippen MR) is 195 cm³/mol. The van der Waals surface area contributed by atoms with E-state index < -0.39 is 0 Å². The van der Waals surface area contributed by atoms with Crippen LogP contribution in [0.1, 0.15) is 5.56 Å². The molecule has 2 heterocycles. The molecule has 0 spiro atoms. The third kappa shape index (κ3) is 4.72. The molecule has 220 valence electrons. The van der Waals surface area contributed by atoms with Crippen molar-refractivity contribution in [2.45, 2.75) is 6.92 Å². The molecule has 9 aromatic rings. The van der Waals surface area contributed by atoms with Crippen LogP contribution >= 0.6 is 0 Å². The van der Waals surface area contributed by atoms with E-state index in [-0.39, 0.29) is 0 Å². The lowest BCUT2D eigenvalue weighted by atomic mass is 9.89. The highest BCUT2D eigenvalue weighted by atomic mass is 14.9. The Morgan fingerprint density at radius 3 is 1.77 bits per heavy atom. The van der Waals surface area contributed by atoms with E-state index in [0.29, 0.717) is 5.82 Å². The Balaban J connectivity index is 1.14. The van der Waals surface area contributed by atoms with E-state index in [4.69, 9.17) is 9.97 Å². The van der Waals surface area contributed by atoms with E-state index in [9.17, 15) is 0 Å². The number of rotatable bonds is 5. The Morgan fingerprint density at radius 1 is 0.404 bits per heavy atom. The quantitative estimate of drug-likeness (QED) is 0.185. The van der Waals surface area contributed by atoms with Gasteiger partial charge in [-0.3, -0.25) is 4.98 Å². The van der Waals surface area contributed by atoms with Crippen LogP contribution in [0.3, 0.4) is 0 Å². The molecule has 0 amide bonds. The van der Waals surface area contributed by atoms with Crippen molar-refractivity contribution in [1.29, 1.82) is 0 Å². The fraction of sp³-hybridized carbons (Fsp3) is 0.0227. The molecule has 47 heavy (non-hydrogen) atoms. The van der Waals surface area contributed by atoms with E-state index in [1.807, 2.05) is 24.5 Å². The van der Waals surface area contributed by atoms with Crippen LogP contribution in [-0.4, -0.2) is 15.0 Å². The van der Waals surface area contributed by atoms with Crippen LogP contribution in [0.15, 0.2) is 158 Å². The molecule has 0 aliphatic rings. The van der Waals surface area contributed by atoms with E-state index >= 15 is 0 Å². The van der Waals surface area contributed by atoms with Crippen LogP contribution in [0.4, 0.5) is 0 Å². The standard InChI is InChI=1S/C44H29N3/c1-28-5-2-3-8-37(28)41-27-40(46-44(47-41)36-17-9-29(10-18-36)30-23-25-45-26-24-30)32-13-11-31(12-14-32)38-21-19-35-16-15-33-6-4-7-34-20-22-39(38)43(35)42(33)34/h2-27H,1H3. The number of aromatic nitrogens is 3. The van der Waals surface area contributed by atoms with Gasteiger partial charge in [-0.15, -0.1) is 0 Å². The van der Waals surface area contributed by atoms with Crippen molar-refractivity contribution >= 4 is 32.3 Å². The summed E-state index contributed by atoms with van der Waals surface area (Å²) in [4.78, 5) is 14.4. The minimum atomic E-state index is 0.706. The highest BCUT2D eigenvalue weighted by molar-refractivity contribution is 6.25. The fourth-order valence-electron chi connectivity index (χ4n) is 6.89. The SMILES string of the molecule is Cc1ccccc1-c1cc(-c2ccc(-c3ccc4ccc5cccc6ccc3c4c56)cc2)nc(-c2ccc(-c3ccncc3)cc2)n1. The van der Waals surface area contributed by atoms with Crippen LogP contribution in [0.25, 0.3) is 88.5 Å². The lowest BCUT2D eigenvalue weighted by Gasteiger charge is -2.15. The fourth-order valence-corrected chi connectivity index (χ4v) is 6.89. The number of aryl methyl sites for hydroxylation is 1. The summed E-state index contributed by atoms with van der Waals surface area (Å²) in [5.41, 5.74) is 10.8. The molecule has 0 atom stereocenters. The Morgan fingerprint density at radius 2 is 1.00 bits per heavy atom. The summed E-state index contributed by atoms with van der Waals surface area (Å²) in [5, 5.41) is 7.79. The molecule has 0 radical (unpaired) electrons. The van der Waals surface area contributed by atoms with Gasteiger partial charge in [0.15, 0.2) is 5.82 Å². The first-order valence-electron chi connectivity index (χ1n) is 15.9. The Kier molecular flexibility index (Phi) is 6.36. The summed E-state index contributed by atoms with van der Waals surface area (Å²) in [6, 6.07) is 51.9. The van der Waals surface area contributed by atoms with Gasteiger partial charge < -0.3 is 0 Å². The smallest absolute Gasteiger partial charge is 0.160 e. The van der Waals surface area contributed by atoms with Crippen LogP contribution in [0.5, 0.6) is 0 Å². The third-order valence-electron chi connectivity index (χ3n) is 9.32. The Labute approximate surface area is 273 Å². The summed E-state index contributed by atoms with van der Waals surface area (Å²) in [5.74, 6) is 0.706. The second-order valence-corrected chi connectivity index (χ2v) is 12.1. The zero-order valence-corrected chi connectivity index (χ0v) is 25.9. The van der Waals surface area contributed by atoms with E-state index in [1.165, 1.54) is 49.0 Å². The normalized spacial score (nSPS) is 11.5. The maximum Gasteiger partial charge on any atom is 0.160 e. The molecule has 0 bridgehead atoms. The minimum absolute atomic E-state index is 0.706. The summed E-state index contributed by atoms with van der Waals surface area (Å²) in [6.07, 6.45) is 3.64. The summed E-state index contributed by atoms with van der Waals surface area (Å²) >= 11 is 0. The molecule has 0 fully saturated rings. The van der Waals surface area contributed by atoms with Gasteiger partial charge in [-0.25, -0.2) is 9.97 Å². The molecule has 7 aromatic carbocycles. The number of nitrogens with zero attached hydrogens (tertiary/aromatic N) is 3. The summed E-state index contributed by atoms with van der Waals surface area (Å²) in [7, 11) is 0. The Hall–Kier alpha value is -6.19. The molecule has 0 aliphatic heterocycles. The second-order valence-electron chi connectivity index (χ2n) is 12.1. The highest BCUT2D eigenvalue weighted by Crippen LogP contribution is 2.40. The molecule has 3 nitrogen and oxygen atoms in total. The maximum absolute atomic E-state index is 5.12. The lowest BCUT2D eigenvalue weighted by Crippen LogP contribution is -1.97. The maximum atomic E-state index is 5.12. The molecule has 0 saturated carbocycles. The first-order valence-corrected chi connectivity index (χ1v) is 15.9. The molecule has 0 saturated heterocycles. The van der Waals surface area contributed by atoms with E-state index in [2.05, 4.69) is 145 Å². The largest absolute Gasteiger partial charge is 0.265 e. The van der Waals surface area contributed by atoms with Crippen molar-refractivity contribution in [3.05, 3.63) is 164 Å². The molecule has 0 unspecified atom stereocenters. The average molecular weight is 600 g/mol. The van der Waals surface area contributed by atoms with Crippen LogP contribution < -0.4 is 0 Å². The molecule has 2 aromatic heterocycles. The van der Waals surface area contributed by atoms with Crippen molar-refractivity contribution < 1.29 is 0 Å². The number of hydrogen-bond acceptors (Lipinski definition) is 3. The van der Waals surface area contributed by atoms with Crippen molar-refractivity contribution in [2.24, 2.45) is 0 Å². The van der Waals surface area contributed by atoms with Crippen molar-refractivity contribution in [3.8, 4) is 56.2 Å². The van der Waals surface area contributed by atoms with Crippen molar-refractivity contribution in [3.63, 3.8) is 0 Å². The molecular weight excluding hydrogens is 571 g/mol. The third-order valence-corrected chi connectivity index (χ3v) is 9.32. The summed E-state index contributed by atoms with van der Waals surface area (Å²) < 4.78 is 0. The number of pyridine rings is 1. The number of hydrogen-bond donors (Lipinski definition) is 0.